The molecule has 0 aromatic rings. The van der Waals surface area contributed by atoms with Crippen LogP contribution in [0.25, 0.3) is 0 Å². The van der Waals surface area contributed by atoms with Gasteiger partial charge in [-0.15, -0.1) is 0 Å². The highest BCUT2D eigenvalue weighted by Gasteiger charge is 2.24. The molecule has 0 aliphatic heterocycles. The first kappa shape index (κ1) is 49.8. The van der Waals surface area contributed by atoms with Gasteiger partial charge >= 0.3 is 0 Å². The molecule has 0 rings (SSSR count). The standard InChI is InChI=1S/C44H85NO5S/c1-3-5-7-9-11-13-15-17-19-21-22-23-24-25-27-29-31-33-35-37-39-43(46)42(41-51(48,49)50)45-44(47)40-38-36-34-32-30-28-26-20-18-16-14-12-10-8-6-4-2/h29,31,37,39,42-43,46H,3-28,30,32-36,38,40-41H2,1-2H3,(H,45,47)(H,48,49,50)/b31-29+,39-37+. The zero-order valence-electron chi connectivity index (χ0n) is 33.7. The summed E-state index contributed by atoms with van der Waals surface area (Å²) in [7, 11) is -4.35. The fourth-order valence-corrected chi connectivity index (χ4v) is 7.55. The normalized spacial score (nSPS) is 13.4. The van der Waals surface area contributed by atoms with E-state index in [1.165, 1.54) is 179 Å². The minimum absolute atomic E-state index is 0.284. The highest BCUT2D eigenvalue weighted by Crippen LogP contribution is 2.16. The summed E-state index contributed by atoms with van der Waals surface area (Å²) in [5.41, 5.74) is 0. The zero-order valence-corrected chi connectivity index (χ0v) is 34.6. The Bertz CT molecular complexity index is 903. The van der Waals surface area contributed by atoms with Crippen LogP contribution in [0.1, 0.15) is 232 Å². The summed E-state index contributed by atoms with van der Waals surface area (Å²) in [6, 6.07) is -1.07. The van der Waals surface area contributed by atoms with E-state index in [4.69, 9.17) is 0 Å². The summed E-state index contributed by atoms with van der Waals surface area (Å²) in [5, 5.41) is 13.2. The molecule has 0 aliphatic carbocycles. The number of unbranched alkanes of at least 4 members (excludes halogenated alkanes) is 30. The third kappa shape index (κ3) is 39.9. The summed E-state index contributed by atoms with van der Waals surface area (Å²) >= 11 is 0. The van der Waals surface area contributed by atoms with E-state index in [2.05, 4.69) is 31.3 Å². The Labute approximate surface area is 317 Å². The molecule has 0 aromatic heterocycles. The van der Waals surface area contributed by atoms with Crippen LogP contribution in [0.15, 0.2) is 24.3 Å². The SMILES string of the molecule is CCCCCCCCCCCCCCCC/C=C/CC/C=C/C(O)C(CS(=O)(=O)O)NC(=O)CCCCCCCCCCCCCCCCCC. The molecule has 1 amide bonds. The van der Waals surface area contributed by atoms with Crippen LogP contribution >= 0.6 is 0 Å². The molecular formula is C44H85NO5S. The van der Waals surface area contributed by atoms with E-state index in [9.17, 15) is 22.9 Å². The van der Waals surface area contributed by atoms with Gasteiger partial charge in [0, 0.05) is 6.42 Å². The predicted molar refractivity (Wildman–Crippen MR) is 221 cm³/mol. The third-order valence-corrected chi connectivity index (χ3v) is 10.9. The number of hydrogen-bond donors (Lipinski definition) is 3. The molecular weight excluding hydrogens is 655 g/mol. The molecule has 0 spiro atoms. The van der Waals surface area contributed by atoms with Crippen molar-refractivity contribution < 1.29 is 22.9 Å². The first-order chi connectivity index (χ1) is 24.8. The molecule has 2 atom stereocenters. The second-order valence-electron chi connectivity index (χ2n) is 15.3. The van der Waals surface area contributed by atoms with E-state index >= 15 is 0 Å². The molecule has 0 bridgehead atoms. The van der Waals surface area contributed by atoms with Crippen molar-refractivity contribution in [2.75, 3.05) is 5.75 Å². The second kappa shape index (κ2) is 38.5. The maximum Gasteiger partial charge on any atom is 0.267 e. The monoisotopic (exact) mass is 740 g/mol. The van der Waals surface area contributed by atoms with Crippen molar-refractivity contribution in [3.63, 3.8) is 0 Å². The number of nitrogens with one attached hydrogen (secondary N) is 1. The van der Waals surface area contributed by atoms with Crippen molar-refractivity contribution in [1.29, 1.82) is 0 Å². The van der Waals surface area contributed by atoms with Gasteiger partial charge in [-0.2, -0.15) is 8.42 Å². The quantitative estimate of drug-likeness (QED) is 0.0330. The van der Waals surface area contributed by atoms with Crippen LogP contribution in [-0.2, 0) is 14.9 Å². The van der Waals surface area contributed by atoms with Gasteiger partial charge in [0.2, 0.25) is 5.91 Å². The number of hydrogen-bond acceptors (Lipinski definition) is 4. The van der Waals surface area contributed by atoms with Gasteiger partial charge in [0.15, 0.2) is 0 Å². The maximum atomic E-state index is 12.5. The van der Waals surface area contributed by atoms with Crippen LogP contribution in [0, 0.1) is 0 Å². The highest BCUT2D eigenvalue weighted by molar-refractivity contribution is 7.85. The molecule has 0 aliphatic rings. The Hall–Kier alpha value is -1.18. The molecule has 0 radical (unpaired) electrons. The lowest BCUT2D eigenvalue weighted by Crippen LogP contribution is -2.46. The molecule has 0 saturated carbocycles. The summed E-state index contributed by atoms with van der Waals surface area (Å²) in [5.74, 6) is -0.990. The Morgan fingerprint density at radius 2 is 0.843 bits per heavy atom. The van der Waals surface area contributed by atoms with Crippen LogP contribution in [0.2, 0.25) is 0 Å². The number of allylic oxidation sites excluding steroid dienone is 3. The molecule has 0 fully saturated rings. The highest BCUT2D eigenvalue weighted by atomic mass is 32.2. The largest absolute Gasteiger partial charge is 0.387 e. The fraction of sp³-hybridized carbons (Fsp3) is 0.886. The second-order valence-corrected chi connectivity index (χ2v) is 16.8. The average Bonchev–Trinajstić information content (AvgIpc) is 3.09. The van der Waals surface area contributed by atoms with E-state index in [0.717, 1.165) is 38.5 Å². The van der Waals surface area contributed by atoms with Gasteiger partial charge in [0.05, 0.1) is 17.9 Å². The van der Waals surface area contributed by atoms with E-state index in [0.29, 0.717) is 6.42 Å². The molecule has 3 N–H and O–H groups in total. The molecule has 0 saturated heterocycles. The van der Waals surface area contributed by atoms with Crippen LogP contribution in [0.4, 0.5) is 0 Å². The van der Waals surface area contributed by atoms with Gasteiger partial charge in [-0.1, -0.05) is 218 Å². The number of amides is 1. The summed E-state index contributed by atoms with van der Waals surface area (Å²) in [6.07, 6.45) is 48.9. The first-order valence-corrected chi connectivity index (χ1v) is 23.6. The average molecular weight is 740 g/mol. The minimum Gasteiger partial charge on any atom is -0.387 e. The molecule has 7 heteroatoms. The van der Waals surface area contributed by atoms with E-state index in [1.54, 1.807) is 0 Å². The number of aliphatic hydroxyl groups is 1. The van der Waals surface area contributed by atoms with Gasteiger partial charge in [0.25, 0.3) is 10.1 Å². The van der Waals surface area contributed by atoms with Gasteiger partial charge in [0.1, 0.15) is 0 Å². The van der Waals surface area contributed by atoms with E-state index in [1.807, 2.05) is 6.08 Å². The summed E-state index contributed by atoms with van der Waals surface area (Å²) < 4.78 is 32.5. The smallest absolute Gasteiger partial charge is 0.267 e. The number of rotatable bonds is 40. The number of aliphatic hydroxyl groups excluding tert-OH is 1. The van der Waals surface area contributed by atoms with Gasteiger partial charge in [-0.05, 0) is 32.1 Å². The maximum absolute atomic E-state index is 12.5. The van der Waals surface area contributed by atoms with Crippen LogP contribution in [0.5, 0.6) is 0 Å². The van der Waals surface area contributed by atoms with Crippen LogP contribution in [-0.4, -0.2) is 41.9 Å². The lowest BCUT2D eigenvalue weighted by atomic mass is 10.0. The molecule has 51 heavy (non-hydrogen) atoms. The van der Waals surface area contributed by atoms with Crippen LogP contribution in [0.3, 0.4) is 0 Å². The lowest BCUT2D eigenvalue weighted by Gasteiger charge is -2.21. The molecule has 6 nitrogen and oxygen atoms in total. The van der Waals surface area contributed by atoms with Crippen LogP contribution < -0.4 is 5.32 Å². The Balaban J connectivity index is 3.90. The third-order valence-electron chi connectivity index (χ3n) is 10.1. The molecule has 2 unspecified atom stereocenters. The van der Waals surface area contributed by atoms with Gasteiger partial charge in [-0.25, -0.2) is 0 Å². The van der Waals surface area contributed by atoms with Crippen molar-refractivity contribution in [2.24, 2.45) is 0 Å². The molecule has 302 valence electrons. The fourth-order valence-electron chi connectivity index (χ4n) is 6.82. The zero-order chi connectivity index (χ0) is 37.5. The Morgan fingerprint density at radius 1 is 0.510 bits per heavy atom. The molecule has 0 heterocycles. The number of carbonyl (C=O) groups is 1. The van der Waals surface area contributed by atoms with Crippen molar-refractivity contribution in [3.05, 3.63) is 24.3 Å². The van der Waals surface area contributed by atoms with Crippen molar-refractivity contribution in [1.82, 2.24) is 5.32 Å². The predicted octanol–water partition coefficient (Wildman–Crippen LogP) is 13.1. The van der Waals surface area contributed by atoms with E-state index in [-0.39, 0.29) is 5.91 Å². The minimum atomic E-state index is -4.35. The molecule has 0 aromatic carbocycles. The van der Waals surface area contributed by atoms with Gasteiger partial charge in [-0.3, -0.25) is 9.35 Å². The summed E-state index contributed by atoms with van der Waals surface area (Å²) in [6.45, 7) is 4.54. The lowest BCUT2D eigenvalue weighted by molar-refractivity contribution is -0.122. The van der Waals surface area contributed by atoms with Crippen molar-refractivity contribution in [3.8, 4) is 0 Å². The van der Waals surface area contributed by atoms with Crippen molar-refractivity contribution >= 4 is 16.0 Å². The number of carbonyl (C=O) groups excluding carboxylic acids is 1. The Kier molecular flexibility index (Phi) is 37.6. The van der Waals surface area contributed by atoms with Crippen molar-refractivity contribution in [2.45, 2.75) is 244 Å². The Morgan fingerprint density at radius 3 is 1.24 bits per heavy atom. The first-order valence-electron chi connectivity index (χ1n) is 22.0. The van der Waals surface area contributed by atoms with Gasteiger partial charge < -0.3 is 10.4 Å². The topological polar surface area (TPSA) is 104 Å². The summed E-state index contributed by atoms with van der Waals surface area (Å²) in [4.78, 5) is 12.5. The van der Waals surface area contributed by atoms with E-state index < -0.39 is 28.0 Å².